The Hall–Kier alpha value is -3.02. The highest BCUT2D eigenvalue weighted by Gasteiger charge is 2.46. The van der Waals surface area contributed by atoms with Crippen LogP contribution in [-0.2, 0) is 10.2 Å². The molecule has 2 aromatic carbocycles. The van der Waals surface area contributed by atoms with Crippen LogP contribution in [0, 0.1) is 0 Å². The van der Waals surface area contributed by atoms with E-state index in [1.807, 2.05) is 23.1 Å². The van der Waals surface area contributed by atoms with E-state index in [2.05, 4.69) is 24.4 Å². The fourth-order valence-electron chi connectivity index (χ4n) is 5.53. The van der Waals surface area contributed by atoms with Crippen LogP contribution in [0.2, 0.25) is 0 Å². The second kappa shape index (κ2) is 8.49. The van der Waals surface area contributed by atoms with Gasteiger partial charge in [-0.1, -0.05) is 31.0 Å². The van der Waals surface area contributed by atoms with Gasteiger partial charge in [0, 0.05) is 30.5 Å². The van der Waals surface area contributed by atoms with Crippen LogP contribution in [0.1, 0.15) is 66.6 Å². The molecule has 5 rings (SSSR count). The number of nitrogens with one attached hydrogen (secondary N) is 1. The summed E-state index contributed by atoms with van der Waals surface area (Å²) in [5.41, 5.74) is 3.09. The normalized spacial score (nSPS) is 20.7. The van der Waals surface area contributed by atoms with Crippen molar-refractivity contribution in [3.05, 3.63) is 59.2 Å². The minimum absolute atomic E-state index is 0.0133. The number of ether oxygens (including phenoxy) is 2. The molecule has 2 aromatic rings. The lowest BCUT2D eigenvalue weighted by Gasteiger charge is -2.46. The summed E-state index contributed by atoms with van der Waals surface area (Å²) >= 11 is 0. The summed E-state index contributed by atoms with van der Waals surface area (Å²) in [6, 6.07) is 13.3. The van der Waals surface area contributed by atoms with Gasteiger partial charge in [-0.25, -0.2) is 0 Å². The third-order valence-corrected chi connectivity index (χ3v) is 7.22. The van der Waals surface area contributed by atoms with Gasteiger partial charge in [-0.05, 0) is 55.2 Å². The predicted molar refractivity (Wildman–Crippen MR) is 121 cm³/mol. The van der Waals surface area contributed by atoms with Crippen molar-refractivity contribution in [1.29, 1.82) is 0 Å². The molecule has 0 aromatic heterocycles. The molecule has 0 unspecified atom stereocenters. The Morgan fingerprint density at radius 2 is 1.75 bits per heavy atom. The molecule has 1 saturated carbocycles. The Balaban J connectivity index is 1.34. The van der Waals surface area contributed by atoms with Gasteiger partial charge in [-0.15, -0.1) is 0 Å². The van der Waals surface area contributed by atoms with Crippen molar-refractivity contribution in [2.24, 2.45) is 0 Å². The van der Waals surface area contributed by atoms with Crippen LogP contribution >= 0.6 is 0 Å². The minimum atomic E-state index is -0.147. The van der Waals surface area contributed by atoms with Crippen LogP contribution in [-0.4, -0.2) is 43.0 Å². The zero-order chi connectivity index (χ0) is 22.1. The van der Waals surface area contributed by atoms with Gasteiger partial charge in [0.15, 0.2) is 11.5 Å². The van der Waals surface area contributed by atoms with E-state index < -0.39 is 0 Å². The molecule has 6 nitrogen and oxygen atoms in total. The summed E-state index contributed by atoms with van der Waals surface area (Å²) < 4.78 is 11.7. The molecule has 2 aliphatic heterocycles. The highest BCUT2D eigenvalue weighted by atomic mass is 16.6. The van der Waals surface area contributed by atoms with Gasteiger partial charge in [0.2, 0.25) is 5.91 Å². The maximum Gasteiger partial charge on any atom is 0.251 e. The summed E-state index contributed by atoms with van der Waals surface area (Å²) in [5.74, 6) is 1.54. The van der Waals surface area contributed by atoms with E-state index >= 15 is 0 Å². The first-order valence-corrected chi connectivity index (χ1v) is 11.6. The number of carbonyl (C=O) groups excluding carboxylic acids is 2. The van der Waals surface area contributed by atoms with E-state index in [-0.39, 0.29) is 23.3 Å². The van der Waals surface area contributed by atoms with Crippen LogP contribution in [0.15, 0.2) is 42.5 Å². The van der Waals surface area contributed by atoms with Gasteiger partial charge in [0.1, 0.15) is 13.2 Å². The molecular formula is C26H30N2O4. The lowest BCUT2D eigenvalue weighted by Crippen LogP contribution is -2.49. The quantitative estimate of drug-likeness (QED) is 0.790. The second-order valence-electron chi connectivity index (χ2n) is 9.14. The Labute approximate surface area is 188 Å². The van der Waals surface area contributed by atoms with Crippen LogP contribution in [0.5, 0.6) is 11.5 Å². The van der Waals surface area contributed by atoms with Crippen molar-refractivity contribution in [3.63, 3.8) is 0 Å². The van der Waals surface area contributed by atoms with Crippen molar-refractivity contribution >= 4 is 11.8 Å². The highest BCUT2D eigenvalue weighted by molar-refractivity contribution is 5.94. The molecule has 1 atom stereocenters. The first-order chi connectivity index (χ1) is 15.6. The van der Waals surface area contributed by atoms with Crippen molar-refractivity contribution in [1.82, 2.24) is 10.2 Å². The molecular weight excluding hydrogens is 404 g/mol. The maximum atomic E-state index is 13.3. The number of amides is 2. The molecule has 32 heavy (non-hydrogen) atoms. The standard InChI is InChI=1S/C26H30N2O4/c1-18-20-15-22-23(32-14-13-31-22)16-21(20)26(10-5-6-11-26)17-28(18)24(29)9-12-27-25(30)19-7-3-2-4-8-19/h2-4,7-8,15-16,18H,5-6,9-14,17H2,1H3,(H,27,30)/t18-/m0/s1. The van der Waals surface area contributed by atoms with Crippen LogP contribution in [0.3, 0.4) is 0 Å². The molecule has 0 radical (unpaired) electrons. The summed E-state index contributed by atoms with van der Waals surface area (Å²) in [5, 5.41) is 2.88. The van der Waals surface area contributed by atoms with Crippen LogP contribution in [0.25, 0.3) is 0 Å². The van der Waals surface area contributed by atoms with Crippen molar-refractivity contribution in [2.45, 2.75) is 50.5 Å². The Bertz CT molecular complexity index is 1010. The molecule has 1 fully saturated rings. The number of carbonyl (C=O) groups is 2. The lowest BCUT2D eigenvalue weighted by molar-refractivity contribution is -0.135. The summed E-state index contributed by atoms with van der Waals surface area (Å²) in [6.07, 6.45) is 4.81. The second-order valence-corrected chi connectivity index (χ2v) is 9.14. The summed E-state index contributed by atoms with van der Waals surface area (Å²) in [4.78, 5) is 27.6. The van der Waals surface area contributed by atoms with Gasteiger partial charge in [-0.3, -0.25) is 9.59 Å². The largest absolute Gasteiger partial charge is 0.486 e. The zero-order valence-corrected chi connectivity index (χ0v) is 18.6. The molecule has 0 saturated heterocycles. The fourth-order valence-corrected chi connectivity index (χ4v) is 5.53. The Kier molecular flexibility index (Phi) is 5.53. The average Bonchev–Trinajstić information content (AvgIpc) is 3.30. The molecule has 168 valence electrons. The first kappa shape index (κ1) is 20.9. The smallest absolute Gasteiger partial charge is 0.251 e. The third-order valence-electron chi connectivity index (χ3n) is 7.22. The van der Waals surface area contributed by atoms with Crippen molar-refractivity contribution < 1.29 is 19.1 Å². The topological polar surface area (TPSA) is 67.9 Å². The highest BCUT2D eigenvalue weighted by Crippen LogP contribution is 2.51. The van der Waals surface area contributed by atoms with Crippen LogP contribution < -0.4 is 14.8 Å². The van der Waals surface area contributed by atoms with Gasteiger partial charge in [-0.2, -0.15) is 0 Å². The maximum absolute atomic E-state index is 13.3. The van der Waals surface area contributed by atoms with Crippen LogP contribution in [0.4, 0.5) is 0 Å². The minimum Gasteiger partial charge on any atom is -0.486 e. The third kappa shape index (κ3) is 3.72. The van der Waals surface area contributed by atoms with E-state index in [1.54, 1.807) is 12.1 Å². The molecule has 0 bridgehead atoms. The number of hydrogen-bond acceptors (Lipinski definition) is 4. The predicted octanol–water partition coefficient (Wildman–Crippen LogP) is 3.99. The van der Waals surface area contributed by atoms with E-state index in [9.17, 15) is 9.59 Å². The molecule has 2 amide bonds. The van der Waals surface area contributed by atoms with Gasteiger partial charge >= 0.3 is 0 Å². The van der Waals surface area contributed by atoms with E-state index in [4.69, 9.17) is 9.47 Å². The summed E-state index contributed by atoms with van der Waals surface area (Å²) in [7, 11) is 0. The van der Waals surface area contributed by atoms with E-state index in [0.29, 0.717) is 31.7 Å². The van der Waals surface area contributed by atoms with Gasteiger partial charge in [0.25, 0.3) is 5.91 Å². The average molecular weight is 435 g/mol. The molecule has 1 N–H and O–H groups in total. The fraction of sp³-hybridized carbons (Fsp3) is 0.462. The number of nitrogens with zero attached hydrogens (tertiary/aromatic N) is 1. The lowest BCUT2D eigenvalue weighted by atomic mass is 9.71. The summed E-state index contributed by atoms with van der Waals surface area (Å²) in [6.45, 7) is 4.28. The Morgan fingerprint density at radius 3 is 2.47 bits per heavy atom. The number of fused-ring (bicyclic) bond motifs is 3. The number of hydrogen-bond donors (Lipinski definition) is 1. The Morgan fingerprint density at radius 1 is 1.06 bits per heavy atom. The monoisotopic (exact) mass is 434 g/mol. The van der Waals surface area contributed by atoms with E-state index in [1.165, 1.54) is 24.0 Å². The number of rotatable bonds is 4. The first-order valence-electron chi connectivity index (χ1n) is 11.6. The molecule has 1 aliphatic carbocycles. The SMILES string of the molecule is C[C@H]1c2cc3c(cc2C2(CCCC2)CN1C(=O)CCNC(=O)c1ccccc1)OCCO3. The zero-order valence-electron chi connectivity index (χ0n) is 18.6. The van der Waals surface area contributed by atoms with E-state index in [0.717, 1.165) is 30.9 Å². The molecule has 1 spiro atoms. The van der Waals surface area contributed by atoms with Crippen molar-refractivity contribution in [3.8, 4) is 11.5 Å². The number of benzene rings is 2. The van der Waals surface area contributed by atoms with Gasteiger partial charge in [0.05, 0.1) is 6.04 Å². The molecule has 6 heteroatoms. The molecule has 3 aliphatic rings. The van der Waals surface area contributed by atoms with Gasteiger partial charge < -0.3 is 19.7 Å². The van der Waals surface area contributed by atoms with Crippen molar-refractivity contribution in [2.75, 3.05) is 26.3 Å². The molecule has 2 heterocycles.